The van der Waals surface area contributed by atoms with E-state index in [9.17, 15) is 13.6 Å². The van der Waals surface area contributed by atoms with E-state index >= 15 is 0 Å². The number of likely N-dealkylation sites (N-methyl/N-ethyl adjacent to an activating group) is 1. The number of benzene rings is 1. The molecule has 2 N–H and O–H groups in total. The molecule has 0 spiro atoms. The molecule has 1 amide bonds. The summed E-state index contributed by atoms with van der Waals surface area (Å²) in [5.41, 5.74) is 0.840. The van der Waals surface area contributed by atoms with Gasteiger partial charge in [0.1, 0.15) is 5.75 Å². The minimum absolute atomic E-state index is 0.0389. The smallest absolute Gasteiger partial charge is 0.387 e. The summed E-state index contributed by atoms with van der Waals surface area (Å²) in [6, 6.07) is 5.08. The van der Waals surface area contributed by atoms with Crippen molar-refractivity contribution in [3.63, 3.8) is 0 Å². The molecule has 0 aliphatic carbocycles. The third-order valence-electron chi connectivity index (χ3n) is 4.74. The Morgan fingerprint density at radius 3 is 2.73 bits per heavy atom. The highest BCUT2D eigenvalue weighted by atomic mass is 19.3. The number of nitrogens with one attached hydrogen (secondary N) is 1. The zero-order valence-corrected chi connectivity index (χ0v) is 13.9. The number of aromatic amines is 1. The Morgan fingerprint density at radius 1 is 1.42 bits per heavy atom. The van der Waals surface area contributed by atoms with Crippen molar-refractivity contribution >= 4 is 23.3 Å². The third-order valence-corrected chi connectivity index (χ3v) is 4.74. The predicted octanol–water partition coefficient (Wildman–Crippen LogP) is 1.39. The maximum absolute atomic E-state index is 12.8. The van der Waals surface area contributed by atoms with Crippen LogP contribution in [0.5, 0.6) is 5.75 Å². The number of likely N-dealkylation sites (tertiary alicyclic amines) is 2. The van der Waals surface area contributed by atoms with Gasteiger partial charge in [-0.25, -0.2) is 0 Å². The van der Waals surface area contributed by atoms with E-state index in [0.29, 0.717) is 29.2 Å². The van der Waals surface area contributed by atoms with Gasteiger partial charge in [-0.15, -0.1) is 0 Å². The molecule has 26 heavy (non-hydrogen) atoms. The molecule has 140 valence electrons. The first kappa shape index (κ1) is 18.1. The number of ether oxygens (including phenoxy) is 1. The first-order valence-electron chi connectivity index (χ1n) is 7.96. The molecule has 0 saturated carbocycles. The first-order valence-corrected chi connectivity index (χ1v) is 7.96. The van der Waals surface area contributed by atoms with Gasteiger partial charge in [-0.05, 0) is 25.6 Å². The molecule has 2 bridgehead atoms. The van der Waals surface area contributed by atoms with Crippen molar-refractivity contribution in [3.8, 4) is 5.75 Å². The van der Waals surface area contributed by atoms with Crippen LogP contribution in [-0.2, 0) is 4.79 Å². The molecule has 1 aromatic heterocycles. The summed E-state index contributed by atoms with van der Waals surface area (Å²) in [7, 11) is 2.07. The predicted molar refractivity (Wildman–Crippen MR) is 87.3 cm³/mol. The number of nitrogens with zero attached hydrogens (tertiary/aromatic N) is 3. The maximum atomic E-state index is 12.8. The van der Waals surface area contributed by atoms with E-state index in [-0.39, 0.29) is 24.2 Å². The molecular weight excluding hydrogens is 350 g/mol. The Balaban J connectivity index is 0.000000613. The van der Waals surface area contributed by atoms with Crippen LogP contribution in [0.3, 0.4) is 0 Å². The molecule has 2 saturated heterocycles. The number of carbonyl (C=O) groups is 2. The van der Waals surface area contributed by atoms with Crippen LogP contribution in [0, 0.1) is 0 Å². The van der Waals surface area contributed by atoms with E-state index < -0.39 is 6.61 Å². The van der Waals surface area contributed by atoms with Gasteiger partial charge in [0.15, 0.2) is 5.69 Å². The fraction of sp³-hybridized carbons (Fsp3) is 0.438. The minimum Gasteiger partial charge on any atom is -0.483 e. The summed E-state index contributed by atoms with van der Waals surface area (Å²) in [5, 5.41) is 14.3. The van der Waals surface area contributed by atoms with Crippen LogP contribution in [0.15, 0.2) is 18.2 Å². The number of rotatable bonds is 3. The van der Waals surface area contributed by atoms with Gasteiger partial charge in [-0.2, -0.15) is 13.9 Å². The number of carboxylic acid groups (broad SMARTS) is 1. The van der Waals surface area contributed by atoms with Crippen LogP contribution < -0.4 is 4.74 Å². The lowest BCUT2D eigenvalue weighted by Gasteiger charge is -2.31. The van der Waals surface area contributed by atoms with Gasteiger partial charge < -0.3 is 14.7 Å². The Hall–Kier alpha value is -2.75. The highest BCUT2D eigenvalue weighted by Crippen LogP contribution is 2.32. The van der Waals surface area contributed by atoms with E-state index in [1.165, 1.54) is 12.1 Å². The van der Waals surface area contributed by atoms with Crippen LogP contribution >= 0.6 is 0 Å². The van der Waals surface area contributed by atoms with Crippen molar-refractivity contribution in [1.29, 1.82) is 0 Å². The fourth-order valence-corrected chi connectivity index (χ4v) is 3.59. The number of halogens is 2. The first-order chi connectivity index (χ1) is 12.4. The van der Waals surface area contributed by atoms with E-state index in [1.54, 1.807) is 6.07 Å². The summed E-state index contributed by atoms with van der Waals surface area (Å²) in [4.78, 5) is 25.2. The molecule has 2 atom stereocenters. The van der Waals surface area contributed by atoms with Crippen LogP contribution in [-0.4, -0.2) is 76.3 Å². The highest BCUT2D eigenvalue weighted by molar-refractivity contribution is 6.05. The van der Waals surface area contributed by atoms with Crippen LogP contribution in [0.1, 0.15) is 16.9 Å². The van der Waals surface area contributed by atoms with Gasteiger partial charge >= 0.3 is 6.61 Å². The molecular formula is C16H18F2N4O4. The molecule has 8 nitrogen and oxygen atoms in total. The number of hydrogen-bond donors (Lipinski definition) is 2. The van der Waals surface area contributed by atoms with Crippen molar-refractivity contribution in [2.75, 3.05) is 20.1 Å². The number of carbonyl (C=O) groups excluding carboxylic acids is 1. The molecule has 2 aliphatic heterocycles. The lowest BCUT2D eigenvalue weighted by molar-refractivity contribution is -0.122. The highest BCUT2D eigenvalue weighted by Gasteiger charge is 2.44. The van der Waals surface area contributed by atoms with Crippen LogP contribution in [0.2, 0.25) is 0 Å². The zero-order valence-electron chi connectivity index (χ0n) is 13.9. The monoisotopic (exact) mass is 368 g/mol. The SMILES string of the molecule is CN1C[C@@H]2C[C@H]1CN2C(=O)c1n[nH]c2cc(OC(F)F)ccc12.O=CO. The van der Waals surface area contributed by atoms with Gasteiger partial charge in [-0.3, -0.25) is 19.6 Å². The van der Waals surface area contributed by atoms with Gasteiger partial charge in [0, 0.05) is 36.6 Å². The number of aromatic nitrogens is 2. The summed E-state index contributed by atoms with van der Waals surface area (Å²) in [6.07, 6.45) is 0.997. The van der Waals surface area contributed by atoms with Gasteiger partial charge in [-0.1, -0.05) is 0 Å². The molecule has 0 radical (unpaired) electrons. The minimum atomic E-state index is -2.88. The second-order valence-corrected chi connectivity index (χ2v) is 6.20. The number of fused-ring (bicyclic) bond motifs is 3. The van der Waals surface area contributed by atoms with E-state index in [1.807, 2.05) is 4.90 Å². The lowest BCUT2D eigenvalue weighted by Crippen LogP contribution is -2.47. The average molecular weight is 368 g/mol. The summed E-state index contributed by atoms with van der Waals surface area (Å²) in [6.45, 7) is -1.54. The third kappa shape index (κ3) is 3.32. The second-order valence-electron chi connectivity index (χ2n) is 6.20. The largest absolute Gasteiger partial charge is 0.483 e. The number of hydrogen-bond acceptors (Lipinski definition) is 5. The summed E-state index contributed by atoms with van der Waals surface area (Å²) >= 11 is 0. The number of alkyl halides is 2. The van der Waals surface area contributed by atoms with Crippen molar-refractivity contribution < 1.29 is 28.2 Å². The standard InChI is InChI=1S/C15H16F2N4O2.CH2O2/c1-20-6-9-4-8(20)7-21(9)14(22)13-11-3-2-10(23-15(16)17)5-12(11)18-19-13;2-1-3/h2-3,5,8-9,15H,4,6-7H2,1H3,(H,18,19);1H,(H,2,3)/t8-,9-;/m0./s1. The zero-order chi connectivity index (χ0) is 18.8. The molecule has 10 heteroatoms. The number of amides is 1. The van der Waals surface area contributed by atoms with Crippen molar-refractivity contribution in [2.45, 2.75) is 25.1 Å². The van der Waals surface area contributed by atoms with Crippen molar-refractivity contribution in [2.24, 2.45) is 0 Å². The Kier molecular flexibility index (Phi) is 5.03. The molecule has 0 unspecified atom stereocenters. The Labute approximate surface area is 147 Å². The molecule has 4 rings (SSSR count). The normalized spacial score (nSPS) is 21.8. The Morgan fingerprint density at radius 2 is 2.15 bits per heavy atom. The van der Waals surface area contributed by atoms with E-state index in [4.69, 9.17) is 9.90 Å². The molecule has 2 fully saturated rings. The maximum Gasteiger partial charge on any atom is 0.387 e. The summed E-state index contributed by atoms with van der Waals surface area (Å²) < 4.78 is 28.9. The van der Waals surface area contributed by atoms with Crippen molar-refractivity contribution in [3.05, 3.63) is 23.9 Å². The number of piperazine rings is 1. The molecule has 2 aromatic rings. The molecule has 3 heterocycles. The van der Waals surface area contributed by atoms with Crippen molar-refractivity contribution in [1.82, 2.24) is 20.0 Å². The lowest BCUT2D eigenvalue weighted by atomic mass is 10.1. The topological polar surface area (TPSA) is 98.8 Å². The van der Waals surface area contributed by atoms with E-state index in [0.717, 1.165) is 13.0 Å². The fourth-order valence-electron chi connectivity index (χ4n) is 3.59. The molecule has 1 aromatic carbocycles. The Bertz CT molecular complexity index is 811. The summed E-state index contributed by atoms with van der Waals surface area (Å²) in [5.74, 6) is -0.0728. The van der Waals surface area contributed by atoms with Gasteiger partial charge in [0.25, 0.3) is 12.4 Å². The number of H-pyrrole nitrogens is 1. The molecule has 2 aliphatic rings. The quantitative estimate of drug-likeness (QED) is 0.795. The second kappa shape index (κ2) is 7.24. The van der Waals surface area contributed by atoms with E-state index in [2.05, 4.69) is 26.9 Å². The van der Waals surface area contributed by atoms with Crippen LogP contribution in [0.4, 0.5) is 8.78 Å². The van der Waals surface area contributed by atoms with Gasteiger partial charge in [0.2, 0.25) is 0 Å². The average Bonchev–Trinajstić information content (AvgIpc) is 3.27. The van der Waals surface area contributed by atoms with Gasteiger partial charge in [0.05, 0.1) is 5.52 Å². The van der Waals surface area contributed by atoms with Crippen LogP contribution in [0.25, 0.3) is 10.9 Å².